The molecule has 1 N–H and O–H groups in total. The van der Waals surface area contributed by atoms with Crippen molar-refractivity contribution >= 4 is 0 Å². The van der Waals surface area contributed by atoms with Crippen molar-refractivity contribution in [3.8, 4) is 0 Å². The van der Waals surface area contributed by atoms with E-state index in [1.165, 1.54) is 77.4 Å². The smallest absolute Gasteiger partial charge is 0.0576 e. The molecule has 3 nitrogen and oxygen atoms in total. The molecule has 2 atom stereocenters. The number of nitrogens with zero attached hydrogens (tertiary/aromatic N) is 1. The summed E-state index contributed by atoms with van der Waals surface area (Å²) in [6, 6.07) is 1.66. The van der Waals surface area contributed by atoms with Crippen molar-refractivity contribution in [2.75, 3.05) is 26.2 Å². The van der Waals surface area contributed by atoms with Crippen LogP contribution in [-0.4, -0.2) is 49.3 Å². The predicted octanol–water partition coefficient (Wildman–Crippen LogP) is 2.55. The van der Waals surface area contributed by atoms with E-state index in [0.29, 0.717) is 6.10 Å². The first-order valence-corrected chi connectivity index (χ1v) is 8.51. The third kappa shape index (κ3) is 4.44. The molecule has 110 valence electrons. The van der Waals surface area contributed by atoms with Crippen LogP contribution < -0.4 is 5.32 Å². The highest BCUT2D eigenvalue weighted by molar-refractivity contribution is 4.85. The van der Waals surface area contributed by atoms with Crippen LogP contribution in [0.1, 0.15) is 57.8 Å². The number of rotatable bonds is 7. The minimum absolute atomic E-state index is 0.577. The minimum atomic E-state index is 0.577. The van der Waals surface area contributed by atoms with Crippen molar-refractivity contribution in [1.82, 2.24) is 10.2 Å². The van der Waals surface area contributed by atoms with Crippen molar-refractivity contribution in [2.45, 2.75) is 76.0 Å². The molecule has 0 aromatic carbocycles. The molecule has 0 bridgehead atoms. The van der Waals surface area contributed by atoms with Gasteiger partial charge in [-0.3, -0.25) is 4.90 Å². The zero-order chi connectivity index (χ0) is 12.9. The van der Waals surface area contributed by atoms with Crippen molar-refractivity contribution in [2.24, 2.45) is 0 Å². The SMILES string of the molecule is C1COC(CCCN2CCCCC2CNC2CC2)C1. The Balaban J connectivity index is 1.35. The van der Waals surface area contributed by atoms with E-state index in [2.05, 4.69) is 10.2 Å². The first-order chi connectivity index (χ1) is 9.42. The largest absolute Gasteiger partial charge is 0.378 e. The van der Waals surface area contributed by atoms with E-state index in [4.69, 9.17) is 4.74 Å². The average molecular weight is 266 g/mol. The van der Waals surface area contributed by atoms with Crippen molar-refractivity contribution < 1.29 is 4.74 Å². The highest BCUT2D eigenvalue weighted by Gasteiger charge is 2.26. The fourth-order valence-corrected chi connectivity index (χ4v) is 3.57. The lowest BCUT2D eigenvalue weighted by molar-refractivity contribution is 0.0908. The zero-order valence-electron chi connectivity index (χ0n) is 12.3. The molecule has 0 amide bonds. The Morgan fingerprint density at radius 3 is 2.79 bits per heavy atom. The Labute approximate surface area is 118 Å². The molecular weight excluding hydrogens is 236 g/mol. The van der Waals surface area contributed by atoms with Gasteiger partial charge in [-0.25, -0.2) is 0 Å². The molecule has 3 aliphatic rings. The van der Waals surface area contributed by atoms with Crippen LogP contribution in [0.4, 0.5) is 0 Å². The molecule has 3 rings (SSSR count). The van der Waals surface area contributed by atoms with Gasteiger partial charge >= 0.3 is 0 Å². The third-order valence-electron chi connectivity index (χ3n) is 4.96. The van der Waals surface area contributed by atoms with Gasteiger partial charge in [0.1, 0.15) is 0 Å². The maximum Gasteiger partial charge on any atom is 0.0576 e. The van der Waals surface area contributed by atoms with Crippen LogP contribution in [0.25, 0.3) is 0 Å². The van der Waals surface area contributed by atoms with Gasteiger partial charge in [0.25, 0.3) is 0 Å². The van der Waals surface area contributed by atoms with Gasteiger partial charge in [0.2, 0.25) is 0 Å². The third-order valence-corrected chi connectivity index (χ3v) is 4.96. The van der Waals surface area contributed by atoms with E-state index < -0.39 is 0 Å². The Bertz CT molecular complexity index is 261. The van der Waals surface area contributed by atoms with Crippen molar-refractivity contribution in [3.63, 3.8) is 0 Å². The minimum Gasteiger partial charge on any atom is -0.378 e. The van der Waals surface area contributed by atoms with Gasteiger partial charge in [0, 0.05) is 25.2 Å². The number of hydrogen-bond acceptors (Lipinski definition) is 3. The number of hydrogen-bond donors (Lipinski definition) is 1. The maximum atomic E-state index is 5.73. The number of nitrogens with one attached hydrogen (secondary N) is 1. The normalized spacial score (nSPS) is 32.8. The van der Waals surface area contributed by atoms with E-state index in [1.54, 1.807) is 0 Å². The van der Waals surface area contributed by atoms with E-state index in [9.17, 15) is 0 Å². The molecule has 2 heterocycles. The van der Waals surface area contributed by atoms with Gasteiger partial charge in [-0.15, -0.1) is 0 Å². The standard InChI is InChI=1S/C16H30N2O/c1-2-10-18(11-3-6-16-7-4-12-19-16)15(5-1)13-17-14-8-9-14/h14-17H,1-13H2. The highest BCUT2D eigenvalue weighted by atomic mass is 16.5. The second kappa shape index (κ2) is 7.05. The van der Waals surface area contributed by atoms with E-state index in [0.717, 1.165) is 18.7 Å². The summed E-state index contributed by atoms with van der Waals surface area (Å²) in [7, 11) is 0. The zero-order valence-corrected chi connectivity index (χ0v) is 12.3. The van der Waals surface area contributed by atoms with Crippen LogP contribution in [0.5, 0.6) is 0 Å². The van der Waals surface area contributed by atoms with Crippen LogP contribution in [0.15, 0.2) is 0 Å². The van der Waals surface area contributed by atoms with E-state index in [-0.39, 0.29) is 0 Å². The Hall–Kier alpha value is -0.120. The molecule has 19 heavy (non-hydrogen) atoms. The van der Waals surface area contributed by atoms with Crippen LogP contribution in [0.3, 0.4) is 0 Å². The lowest BCUT2D eigenvalue weighted by Gasteiger charge is -2.36. The predicted molar refractivity (Wildman–Crippen MR) is 78.4 cm³/mol. The van der Waals surface area contributed by atoms with Gasteiger partial charge in [-0.05, 0) is 64.5 Å². The van der Waals surface area contributed by atoms with Gasteiger partial charge in [-0.1, -0.05) is 6.42 Å². The van der Waals surface area contributed by atoms with Crippen LogP contribution in [0.2, 0.25) is 0 Å². The molecule has 1 saturated carbocycles. The average Bonchev–Trinajstić information content (AvgIpc) is 3.13. The Morgan fingerprint density at radius 2 is 2.00 bits per heavy atom. The van der Waals surface area contributed by atoms with E-state index in [1.807, 2.05) is 0 Å². The topological polar surface area (TPSA) is 24.5 Å². The fraction of sp³-hybridized carbons (Fsp3) is 1.00. The monoisotopic (exact) mass is 266 g/mol. The summed E-state index contributed by atoms with van der Waals surface area (Å²) in [5.74, 6) is 0. The van der Waals surface area contributed by atoms with E-state index >= 15 is 0 Å². The molecule has 1 aliphatic carbocycles. The molecule has 0 spiro atoms. The number of likely N-dealkylation sites (tertiary alicyclic amines) is 1. The van der Waals surface area contributed by atoms with Gasteiger partial charge < -0.3 is 10.1 Å². The molecular formula is C16H30N2O. The molecule has 3 heteroatoms. The van der Waals surface area contributed by atoms with Gasteiger partial charge in [0.15, 0.2) is 0 Å². The first kappa shape index (κ1) is 13.8. The lowest BCUT2D eigenvalue weighted by atomic mass is 10.0. The maximum absolute atomic E-state index is 5.73. The molecule has 0 radical (unpaired) electrons. The molecule has 3 fully saturated rings. The molecule has 2 saturated heterocycles. The summed E-state index contributed by atoms with van der Waals surface area (Å²) in [5.41, 5.74) is 0. The van der Waals surface area contributed by atoms with Crippen LogP contribution in [-0.2, 0) is 4.74 Å². The summed E-state index contributed by atoms with van der Waals surface area (Å²) in [4.78, 5) is 2.74. The summed E-state index contributed by atoms with van der Waals surface area (Å²) in [5, 5.41) is 3.72. The number of piperidine rings is 1. The molecule has 2 unspecified atom stereocenters. The van der Waals surface area contributed by atoms with Gasteiger partial charge in [-0.2, -0.15) is 0 Å². The second-order valence-corrected chi connectivity index (χ2v) is 6.65. The Kier molecular flexibility index (Phi) is 5.14. The first-order valence-electron chi connectivity index (χ1n) is 8.51. The van der Waals surface area contributed by atoms with Crippen molar-refractivity contribution in [3.05, 3.63) is 0 Å². The fourth-order valence-electron chi connectivity index (χ4n) is 3.57. The van der Waals surface area contributed by atoms with Crippen LogP contribution in [0, 0.1) is 0 Å². The summed E-state index contributed by atoms with van der Waals surface area (Å²) in [6.07, 6.45) is 12.8. The van der Waals surface area contributed by atoms with Crippen molar-refractivity contribution in [1.29, 1.82) is 0 Å². The lowest BCUT2D eigenvalue weighted by Crippen LogP contribution is -2.46. The second-order valence-electron chi connectivity index (χ2n) is 6.65. The van der Waals surface area contributed by atoms with Crippen LogP contribution >= 0.6 is 0 Å². The Morgan fingerprint density at radius 1 is 1.05 bits per heavy atom. The molecule has 0 aromatic rings. The molecule has 2 aliphatic heterocycles. The number of ether oxygens (including phenoxy) is 1. The summed E-state index contributed by atoms with van der Waals surface area (Å²) in [6.45, 7) is 4.84. The highest BCUT2D eigenvalue weighted by Crippen LogP contribution is 2.22. The summed E-state index contributed by atoms with van der Waals surface area (Å²) >= 11 is 0. The van der Waals surface area contributed by atoms with Gasteiger partial charge in [0.05, 0.1) is 6.10 Å². The quantitative estimate of drug-likeness (QED) is 0.766. The molecule has 0 aromatic heterocycles. The summed E-state index contributed by atoms with van der Waals surface area (Å²) < 4.78 is 5.73.